The van der Waals surface area contributed by atoms with Crippen LogP contribution in [0.1, 0.15) is 50.7 Å². The molecule has 0 atom stereocenters. The number of hydrogen-bond donors (Lipinski definition) is 0. The summed E-state index contributed by atoms with van der Waals surface area (Å²) in [6.45, 7) is 6.83. The highest BCUT2D eigenvalue weighted by Gasteiger charge is 2.19. The van der Waals surface area contributed by atoms with Gasteiger partial charge in [0.15, 0.2) is 0 Å². The Bertz CT molecular complexity index is 551. The highest BCUT2D eigenvalue weighted by Crippen LogP contribution is 2.35. The minimum Gasteiger partial charge on any atom is -0.0843 e. The zero-order valence-corrected chi connectivity index (χ0v) is 14.4. The molecule has 2 aromatic rings. The zero-order valence-electron chi connectivity index (χ0n) is 12.9. The quantitative estimate of drug-likeness (QED) is 0.571. The predicted molar refractivity (Wildman–Crippen MR) is 93.4 cm³/mol. The first-order chi connectivity index (χ1) is 9.85. The molecule has 0 fully saturated rings. The topological polar surface area (TPSA) is 0 Å². The Morgan fingerprint density at radius 3 is 1.71 bits per heavy atom. The lowest BCUT2D eigenvalue weighted by Gasteiger charge is -2.24. The standard InChI is InChI=1S/C19H22Cl2/c1-19(2,3)11-10-18(14-6-4-8-16(20)12-14)15-7-5-9-17(21)13-15/h4-9,12-13,18H,10-11H2,1-3H3. The summed E-state index contributed by atoms with van der Waals surface area (Å²) in [6.07, 6.45) is 2.24. The molecule has 0 nitrogen and oxygen atoms in total. The van der Waals surface area contributed by atoms with Crippen molar-refractivity contribution in [2.24, 2.45) is 5.41 Å². The van der Waals surface area contributed by atoms with Crippen molar-refractivity contribution in [2.75, 3.05) is 0 Å². The van der Waals surface area contributed by atoms with Gasteiger partial charge in [0.1, 0.15) is 0 Å². The Balaban J connectivity index is 2.34. The molecule has 0 heterocycles. The molecule has 0 saturated carbocycles. The van der Waals surface area contributed by atoms with Crippen LogP contribution in [0.2, 0.25) is 10.0 Å². The van der Waals surface area contributed by atoms with Gasteiger partial charge in [-0.05, 0) is 53.6 Å². The Hall–Kier alpha value is -0.980. The molecule has 2 heteroatoms. The second-order valence-corrected chi connectivity index (χ2v) is 7.63. The van der Waals surface area contributed by atoms with Crippen LogP contribution >= 0.6 is 23.2 Å². The number of halogens is 2. The van der Waals surface area contributed by atoms with E-state index in [1.807, 2.05) is 24.3 Å². The average molecular weight is 321 g/mol. The average Bonchev–Trinajstić information content (AvgIpc) is 2.38. The van der Waals surface area contributed by atoms with E-state index in [4.69, 9.17) is 23.2 Å². The van der Waals surface area contributed by atoms with Gasteiger partial charge in [-0.15, -0.1) is 0 Å². The molecular formula is C19H22Cl2. The molecule has 0 radical (unpaired) electrons. The van der Waals surface area contributed by atoms with Crippen LogP contribution in [0.3, 0.4) is 0 Å². The van der Waals surface area contributed by atoms with E-state index in [0.29, 0.717) is 11.3 Å². The van der Waals surface area contributed by atoms with E-state index in [1.165, 1.54) is 11.1 Å². The summed E-state index contributed by atoms with van der Waals surface area (Å²) in [5.41, 5.74) is 2.83. The third-order valence-electron chi connectivity index (χ3n) is 3.69. The Morgan fingerprint density at radius 1 is 0.857 bits per heavy atom. The van der Waals surface area contributed by atoms with E-state index in [0.717, 1.165) is 22.9 Å². The van der Waals surface area contributed by atoms with Gasteiger partial charge < -0.3 is 0 Å². The summed E-state index contributed by atoms with van der Waals surface area (Å²) in [5, 5.41) is 1.57. The SMILES string of the molecule is CC(C)(C)CCC(c1cccc(Cl)c1)c1cccc(Cl)c1. The first-order valence-corrected chi connectivity index (χ1v) is 8.12. The predicted octanol–water partition coefficient (Wildman–Crippen LogP) is 6.95. The highest BCUT2D eigenvalue weighted by molar-refractivity contribution is 6.31. The van der Waals surface area contributed by atoms with E-state index in [1.54, 1.807) is 0 Å². The fourth-order valence-corrected chi connectivity index (χ4v) is 2.95. The molecule has 112 valence electrons. The molecule has 0 N–H and O–H groups in total. The summed E-state index contributed by atoms with van der Waals surface area (Å²) in [5.74, 6) is 0.335. The molecule has 0 spiro atoms. The van der Waals surface area contributed by atoms with Gasteiger partial charge >= 0.3 is 0 Å². The van der Waals surface area contributed by atoms with Crippen LogP contribution in [-0.4, -0.2) is 0 Å². The van der Waals surface area contributed by atoms with E-state index in [9.17, 15) is 0 Å². The van der Waals surface area contributed by atoms with Crippen molar-refractivity contribution in [1.29, 1.82) is 0 Å². The highest BCUT2D eigenvalue weighted by atomic mass is 35.5. The second kappa shape index (κ2) is 6.85. The summed E-state index contributed by atoms with van der Waals surface area (Å²) < 4.78 is 0. The molecule has 0 unspecified atom stereocenters. The van der Waals surface area contributed by atoms with Crippen LogP contribution in [0, 0.1) is 5.41 Å². The second-order valence-electron chi connectivity index (χ2n) is 6.76. The van der Waals surface area contributed by atoms with Gasteiger partial charge in [0.2, 0.25) is 0 Å². The minimum atomic E-state index is 0.315. The van der Waals surface area contributed by atoms with Gasteiger partial charge in [0.25, 0.3) is 0 Å². The third kappa shape index (κ3) is 5.05. The number of rotatable bonds is 4. The van der Waals surface area contributed by atoms with Gasteiger partial charge in [-0.3, -0.25) is 0 Å². The minimum absolute atomic E-state index is 0.315. The smallest absolute Gasteiger partial charge is 0.0408 e. The Kier molecular flexibility index (Phi) is 5.35. The Morgan fingerprint density at radius 2 is 1.33 bits per heavy atom. The lowest BCUT2D eigenvalue weighted by Crippen LogP contribution is -2.09. The van der Waals surface area contributed by atoms with Gasteiger partial charge in [0, 0.05) is 16.0 Å². The lowest BCUT2D eigenvalue weighted by molar-refractivity contribution is 0.356. The normalized spacial score (nSPS) is 11.9. The molecule has 0 amide bonds. The van der Waals surface area contributed by atoms with Gasteiger partial charge in [0.05, 0.1) is 0 Å². The molecule has 0 aliphatic heterocycles. The van der Waals surface area contributed by atoms with Crippen molar-refractivity contribution < 1.29 is 0 Å². The fraction of sp³-hybridized carbons (Fsp3) is 0.368. The van der Waals surface area contributed by atoms with Crippen LogP contribution in [-0.2, 0) is 0 Å². The fourth-order valence-electron chi connectivity index (χ4n) is 2.55. The molecule has 0 aliphatic carbocycles. The van der Waals surface area contributed by atoms with Crippen LogP contribution in [0.15, 0.2) is 48.5 Å². The van der Waals surface area contributed by atoms with Crippen LogP contribution < -0.4 is 0 Å². The third-order valence-corrected chi connectivity index (χ3v) is 4.16. The van der Waals surface area contributed by atoms with Crippen molar-refractivity contribution in [3.63, 3.8) is 0 Å². The summed E-state index contributed by atoms with van der Waals surface area (Å²) in [7, 11) is 0. The van der Waals surface area contributed by atoms with E-state index in [2.05, 4.69) is 45.0 Å². The van der Waals surface area contributed by atoms with Gasteiger partial charge in [-0.2, -0.15) is 0 Å². The molecule has 0 bridgehead atoms. The summed E-state index contributed by atoms with van der Waals surface area (Å²) in [4.78, 5) is 0. The molecule has 2 rings (SSSR count). The number of hydrogen-bond acceptors (Lipinski definition) is 0. The van der Waals surface area contributed by atoms with Crippen molar-refractivity contribution in [1.82, 2.24) is 0 Å². The largest absolute Gasteiger partial charge is 0.0843 e. The van der Waals surface area contributed by atoms with Crippen molar-refractivity contribution in [2.45, 2.75) is 39.5 Å². The first-order valence-electron chi connectivity index (χ1n) is 7.36. The van der Waals surface area contributed by atoms with Gasteiger partial charge in [-0.25, -0.2) is 0 Å². The van der Waals surface area contributed by atoms with Crippen LogP contribution in [0.25, 0.3) is 0 Å². The maximum Gasteiger partial charge on any atom is 0.0408 e. The van der Waals surface area contributed by atoms with Crippen molar-refractivity contribution >= 4 is 23.2 Å². The lowest BCUT2D eigenvalue weighted by atomic mass is 9.81. The Labute approximate surface area is 138 Å². The van der Waals surface area contributed by atoms with E-state index < -0.39 is 0 Å². The molecular weight excluding hydrogens is 299 g/mol. The maximum atomic E-state index is 6.17. The van der Waals surface area contributed by atoms with E-state index >= 15 is 0 Å². The van der Waals surface area contributed by atoms with Gasteiger partial charge in [-0.1, -0.05) is 68.2 Å². The molecule has 0 aliphatic rings. The first kappa shape index (κ1) is 16.4. The summed E-state index contributed by atoms with van der Waals surface area (Å²) >= 11 is 12.3. The number of benzene rings is 2. The monoisotopic (exact) mass is 320 g/mol. The zero-order chi connectivity index (χ0) is 15.5. The molecule has 21 heavy (non-hydrogen) atoms. The van der Waals surface area contributed by atoms with Crippen molar-refractivity contribution in [3.05, 3.63) is 69.7 Å². The van der Waals surface area contributed by atoms with Crippen molar-refractivity contribution in [3.8, 4) is 0 Å². The van der Waals surface area contributed by atoms with E-state index in [-0.39, 0.29) is 0 Å². The molecule has 0 saturated heterocycles. The summed E-state index contributed by atoms with van der Waals surface area (Å²) in [6, 6.07) is 16.3. The molecule has 0 aromatic heterocycles. The molecule has 2 aromatic carbocycles. The maximum absolute atomic E-state index is 6.17. The van der Waals surface area contributed by atoms with Crippen LogP contribution in [0.4, 0.5) is 0 Å². The van der Waals surface area contributed by atoms with Crippen LogP contribution in [0.5, 0.6) is 0 Å².